The Labute approximate surface area is 161 Å². The number of hydrogen-bond donors (Lipinski definition) is 2. The second-order valence-electron chi connectivity index (χ2n) is 7.08. The van der Waals surface area contributed by atoms with E-state index in [2.05, 4.69) is 40.3 Å². The van der Waals surface area contributed by atoms with Crippen LogP contribution in [0.2, 0.25) is 0 Å². The summed E-state index contributed by atoms with van der Waals surface area (Å²) in [6.45, 7) is 10.5. The zero-order valence-corrected chi connectivity index (χ0v) is 16.6. The van der Waals surface area contributed by atoms with E-state index in [1.54, 1.807) is 0 Å². The molecule has 0 bridgehead atoms. The van der Waals surface area contributed by atoms with Crippen LogP contribution in [0.25, 0.3) is 0 Å². The molecule has 0 aromatic carbocycles. The van der Waals surface area contributed by atoms with E-state index in [0.717, 1.165) is 64.0 Å². The first-order valence-corrected chi connectivity index (χ1v) is 10.1. The molecule has 2 fully saturated rings. The van der Waals surface area contributed by atoms with Crippen LogP contribution in [0.15, 0.2) is 6.07 Å². The van der Waals surface area contributed by atoms with E-state index < -0.39 is 0 Å². The van der Waals surface area contributed by atoms with Gasteiger partial charge in [0.25, 0.3) is 0 Å². The molecule has 1 atom stereocenters. The summed E-state index contributed by atoms with van der Waals surface area (Å²) in [6, 6.07) is 2.11. The average Bonchev–Trinajstić information content (AvgIpc) is 2.67. The molecule has 2 aliphatic rings. The lowest BCUT2D eigenvalue weighted by molar-refractivity contribution is 0.122. The highest BCUT2D eigenvalue weighted by atomic mass is 32.1. The molecule has 0 unspecified atom stereocenters. The van der Waals surface area contributed by atoms with Gasteiger partial charge in [-0.15, -0.1) is 0 Å². The summed E-state index contributed by atoms with van der Waals surface area (Å²) in [7, 11) is 0. The van der Waals surface area contributed by atoms with Crippen molar-refractivity contribution in [3.05, 3.63) is 6.07 Å². The average molecular weight is 379 g/mol. The molecule has 1 aromatic heterocycles. The molecule has 1 aromatic rings. The van der Waals surface area contributed by atoms with E-state index in [-0.39, 0.29) is 0 Å². The molecule has 0 radical (unpaired) electrons. The van der Waals surface area contributed by atoms with Gasteiger partial charge in [-0.25, -0.2) is 0 Å². The zero-order chi connectivity index (χ0) is 18.4. The monoisotopic (exact) mass is 378 g/mol. The number of nitrogens with one attached hydrogen (secondary N) is 2. The number of piperidine rings is 1. The van der Waals surface area contributed by atoms with Gasteiger partial charge < -0.3 is 25.2 Å². The molecule has 2 aliphatic heterocycles. The Bertz CT molecular complexity index is 607. The van der Waals surface area contributed by atoms with Crippen LogP contribution in [-0.4, -0.2) is 61.0 Å². The van der Waals surface area contributed by atoms with Crippen LogP contribution in [0.4, 0.5) is 17.6 Å². The second-order valence-corrected chi connectivity index (χ2v) is 7.49. The fourth-order valence-electron chi connectivity index (χ4n) is 3.38. The topological polar surface area (TPSA) is 65.6 Å². The third-order valence-electron chi connectivity index (χ3n) is 4.78. The summed E-state index contributed by atoms with van der Waals surface area (Å²) < 4.78 is 5.48. The van der Waals surface area contributed by atoms with Crippen LogP contribution in [0, 0.1) is 5.92 Å². The molecule has 0 spiro atoms. The van der Waals surface area contributed by atoms with Gasteiger partial charge in [-0.1, -0.05) is 13.8 Å². The van der Waals surface area contributed by atoms with Gasteiger partial charge in [-0.3, -0.25) is 0 Å². The second kappa shape index (κ2) is 9.32. The number of anilines is 3. The van der Waals surface area contributed by atoms with E-state index in [4.69, 9.17) is 26.9 Å². The number of ether oxygens (including phenoxy) is 1. The minimum absolute atomic E-state index is 0.566. The van der Waals surface area contributed by atoms with Gasteiger partial charge >= 0.3 is 0 Å². The summed E-state index contributed by atoms with van der Waals surface area (Å²) in [4.78, 5) is 14.1. The first-order valence-electron chi connectivity index (χ1n) is 9.67. The molecular formula is C18H30N6OS. The smallest absolute Gasteiger partial charge is 0.232 e. The maximum atomic E-state index is 5.48. The molecule has 2 N–H and O–H groups in total. The van der Waals surface area contributed by atoms with Crippen LogP contribution in [0.1, 0.15) is 33.1 Å². The summed E-state index contributed by atoms with van der Waals surface area (Å²) in [5, 5.41) is 6.91. The third kappa shape index (κ3) is 5.17. The number of thiocarbonyl (C=S) groups is 1. The quantitative estimate of drug-likeness (QED) is 0.757. The van der Waals surface area contributed by atoms with Gasteiger partial charge in [-0.05, 0) is 37.4 Å². The summed E-state index contributed by atoms with van der Waals surface area (Å²) in [5.74, 6) is 3.18. The van der Waals surface area contributed by atoms with Crippen molar-refractivity contribution in [2.45, 2.75) is 33.1 Å². The van der Waals surface area contributed by atoms with Crippen molar-refractivity contribution in [1.82, 2.24) is 15.3 Å². The Morgan fingerprint density at radius 2 is 1.96 bits per heavy atom. The van der Waals surface area contributed by atoms with Crippen LogP contribution in [-0.2, 0) is 4.74 Å². The highest BCUT2D eigenvalue weighted by Crippen LogP contribution is 2.26. The van der Waals surface area contributed by atoms with E-state index >= 15 is 0 Å². The van der Waals surface area contributed by atoms with Crippen LogP contribution >= 0.6 is 12.2 Å². The Morgan fingerprint density at radius 3 is 2.65 bits per heavy atom. The molecule has 0 saturated carbocycles. The van der Waals surface area contributed by atoms with Crippen LogP contribution in [0.5, 0.6) is 0 Å². The highest BCUT2D eigenvalue weighted by Gasteiger charge is 2.21. The van der Waals surface area contributed by atoms with Crippen molar-refractivity contribution in [1.29, 1.82) is 0 Å². The third-order valence-corrected chi connectivity index (χ3v) is 5.02. The van der Waals surface area contributed by atoms with Crippen molar-refractivity contribution in [2.75, 3.05) is 61.1 Å². The Hall–Kier alpha value is -1.67. The minimum atomic E-state index is 0.566. The number of hydrogen-bond acceptors (Lipinski definition) is 6. The van der Waals surface area contributed by atoms with E-state index in [1.807, 2.05) is 0 Å². The van der Waals surface area contributed by atoms with Gasteiger partial charge in [0.15, 0.2) is 5.11 Å². The molecular weight excluding hydrogens is 348 g/mol. The van der Waals surface area contributed by atoms with Crippen molar-refractivity contribution >= 4 is 34.9 Å². The molecule has 26 heavy (non-hydrogen) atoms. The number of morpholine rings is 1. The number of rotatable bonds is 5. The van der Waals surface area contributed by atoms with Crippen molar-refractivity contribution in [2.24, 2.45) is 5.92 Å². The van der Waals surface area contributed by atoms with E-state index in [0.29, 0.717) is 17.0 Å². The predicted molar refractivity (Wildman–Crippen MR) is 110 cm³/mol. The van der Waals surface area contributed by atoms with Gasteiger partial charge in [0, 0.05) is 38.8 Å². The van der Waals surface area contributed by atoms with Crippen molar-refractivity contribution in [3.63, 3.8) is 0 Å². The summed E-state index contributed by atoms with van der Waals surface area (Å²) in [5.41, 5.74) is 0. The van der Waals surface area contributed by atoms with Crippen LogP contribution < -0.4 is 20.4 Å². The predicted octanol–water partition coefficient (Wildman–Crippen LogP) is 2.25. The summed E-state index contributed by atoms with van der Waals surface area (Å²) in [6.07, 6.45) is 3.51. The van der Waals surface area contributed by atoms with E-state index in [1.165, 1.54) is 12.8 Å². The largest absolute Gasteiger partial charge is 0.378 e. The summed E-state index contributed by atoms with van der Waals surface area (Å²) >= 11 is 5.37. The lowest BCUT2D eigenvalue weighted by Gasteiger charge is -2.33. The standard InChI is InChI=1S/C18H30N6OS/c1-3-6-19-18(26)22-17-20-15(23-8-10-25-11-9-23)12-16(21-17)24-7-4-5-14(2)13-24/h12,14H,3-11,13H2,1-2H3,(H2,19,20,21,22,26)/t14-/m1/s1. The Morgan fingerprint density at radius 1 is 1.23 bits per heavy atom. The van der Waals surface area contributed by atoms with Crippen molar-refractivity contribution < 1.29 is 4.74 Å². The Kier molecular flexibility index (Phi) is 6.85. The number of aromatic nitrogens is 2. The molecule has 8 heteroatoms. The molecule has 0 aliphatic carbocycles. The van der Waals surface area contributed by atoms with Gasteiger partial charge in [0.2, 0.25) is 5.95 Å². The van der Waals surface area contributed by atoms with Gasteiger partial charge in [-0.2, -0.15) is 9.97 Å². The lowest BCUT2D eigenvalue weighted by atomic mass is 10.0. The van der Waals surface area contributed by atoms with Gasteiger partial charge in [0.1, 0.15) is 11.6 Å². The first-order chi connectivity index (χ1) is 12.7. The number of nitrogens with zero attached hydrogens (tertiary/aromatic N) is 4. The Balaban J connectivity index is 1.82. The molecule has 0 amide bonds. The highest BCUT2D eigenvalue weighted by molar-refractivity contribution is 7.80. The van der Waals surface area contributed by atoms with Gasteiger partial charge in [0.05, 0.1) is 13.2 Å². The van der Waals surface area contributed by atoms with Crippen molar-refractivity contribution in [3.8, 4) is 0 Å². The molecule has 3 heterocycles. The maximum Gasteiger partial charge on any atom is 0.232 e. The molecule has 2 saturated heterocycles. The molecule has 144 valence electrons. The fraction of sp³-hybridized carbons (Fsp3) is 0.722. The molecule has 7 nitrogen and oxygen atoms in total. The zero-order valence-electron chi connectivity index (χ0n) is 15.8. The minimum Gasteiger partial charge on any atom is -0.378 e. The molecule has 3 rings (SSSR count). The fourth-order valence-corrected chi connectivity index (χ4v) is 3.57. The van der Waals surface area contributed by atoms with Crippen LogP contribution in [0.3, 0.4) is 0 Å². The lowest BCUT2D eigenvalue weighted by Crippen LogP contribution is -2.38. The normalized spacial score (nSPS) is 20.8. The van der Waals surface area contributed by atoms with E-state index in [9.17, 15) is 0 Å². The SMILES string of the molecule is CCCNC(=S)Nc1nc(N2CCOCC2)cc(N2CCC[C@@H](C)C2)n1. The first kappa shape index (κ1) is 19.1. The maximum absolute atomic E-state index is 5.48.